The van der Waals surface area contributed by atoms with Gasteiger partial charge in [0.05, 0.1) is 21.6 Å². The molecule has 1 saturated heterocycles. The molecular weight excluding hydrogens is 380 g/mol. The highest BCUT2D eigenvalue weighted by atomic mass is 32.1. The van der Waals surface area contributed by atoms with Crippen molar-refractivity contribution in [2.45, 2.75) is 25.7 Å². The Balaban J connectivity index is 1.37. The zero-order chi connectivity index (χ0) is 19.8. The minimum absolute atomic E-state index is 0.0817. The van der Waals surface area contributed by atoms with Gasteiger partial charge in [-0.15, -0.1) is 11.3 Å². The molecule has 0 spiro atoms. The minimum atomic E-state index is 0.0817. The summed E-state index contributed by atoms with van der Waals surface area (Å²) in [5.41, 5.74) is 4.61. The van der Waals surface area contributed by atoms with Crippen LogP contribution in [0.2, 0.25) is 0 Å². The van der Waals surface area contributed by atoms with Gasteiger partial charge in [-0.25, -0.2) is 4.98 Å². The normalized spacial score (nSPS) is 17.0. The predicted molar refractivity (Wildman–Crippen MR) is 116 cm³/mol. The maximum absolute atomic E-state index is 13.2. The second kappa shape index (κ2) is 7.44. The summed E-state index contributed by atoms with van der Waals surface area (Å²) in [7, 11) is 0. The fourth-order valence-electron chi connectivity index (χ4n) is 4.10. The van der Waals surface area contributed by atoms with Gasteiger partial charge in [-0.05, 0) is 61.5 Å². The third-order valence-electron chi connectivity index (χ3n) is 5.52. The number of thiophene rings is 1. The van der Waals surface area contributed by atoms with Crippen LogP contribution in [0, 0.1) is 6.92 Å². The summed E-state index contributed by atoms with van der Waals surface area (Å²) in [5.74, 6) is 1.21. The molecule has 5 nitrogen and oxygen atoms in total. The number of aryl methyl sites for hydroxylation is 1. The van der Waals surface area contributed by atoms with Gasteiger partial charge in [-0.2, -0.15) is 0 Å². The first-order chi connectivity index (χ1) is 14.2. The zero-order valence-electron chi connectivity index (χ0n) is 16.3. The number of H-pyrrole nitrogens is 1. The van der Waals surface area contributed by atoms with E-state index in [4.69, 9.17) is 4.98 Å². The van der Waals surface area contributed by atoms with Crippen LogP contribution in [0.3, 0.4) is 0 Å². The van der Waals surface area contributed by atoms with E-state index in [1.807, 2.05) is 36.1 Å². The molecule has 29 heavy (non-hydrogen) atoms. The van der Waals surface area contributed by atoms with E-state index in [1.54, 1.807) is 11.3 Å². The van der Waals surface area contributed by atoms with Crippen molar-refractivity contribution in [3.63, 3.8) is 0 Å². The number of carbonyl (C=O) groups is 1. The molecular formula is C23H22N4OS. The number of imidazole rings is 1. The third kappa shape index (κ3) is 3.56. The second-order valence-corrected chi connectivity index (χ2v) is 8.52. The van der Waals surface area contributed by atoms with Crippen LogP contribution in [0.4, 0.5) is 0 Å². The van der Waals surface area contributed by atoms with Gasteiger partial charge in [0.25, 0.3) is 5.91 Å². The van der Waals surface area contributed by atoms with Crippen LogP contribution in [0.25, 0.3) is 21.6 Å². The molecule has 0 radical (unpaired) electrons. The lowest BCUT2D eigenvalue weighted by atomic mass is 9.93. The van der Waals surface area contributed by atoms with Gasteiger partial charge < -0.3 is 9.88 Å². The fraction of sp³-hybridized carbons (Fsp3) is 0.261. The van der Waals surface area contributed by atoms with Gasteiger partial charge >= 0.3 is 0 Å². The standard InChI is InChI=1S/C23H22N4OS/c1-15-24-19-10-9-16(13-21(19)25-15)23(28)27-11-3-5-17(14-27)18-6-2-7-20(26-18)22-8-4-12-29-22/h2,4,6-10,12-13,17H,3,5,11,14H2,1H3,(H,24,25)/t17-/m0/s1. The van der Waals surface area contributed by atoms with Gasteiger partial charge in [-0.1, -0.05) is 12.1 Å². The molecule has 1 amide bonds. The molecule has 1 N–H and O–H groups in total. The molecule has 1 fully saturated rings. The summed E-state index contributed by atoms with van der Waals surface area (Å²) in [6, 6.07) is 16.1. The third-order valence-corrected chi connectivity index (χ3v) is 6.41. The summed E-state index contributed by atoms with van der Waals surface area (Å²) in [5, 5.41) is 2.07. The molecule has 1 aliphatic rings. The van der Waals surface area contributed by atoms with Crippen LogP contribution in [0.15, 0.2) is 53.9 Å². The number of rotatable bonds is 3. The van der Waals surface area contributed by atoms with Crippen LogP contribution in [0.1, 0.15) is 40.6 Å². The molecule has 1 atom stereocenters. The van der Waals surface area contributed by atoms with E-state index in [2.05, 4.69) is 39.6 Å². The largest absolute Gasteiger partial charge is 0.342 e. The zero-order valence-corrected chi connectivity index (χ0v) is 17.1. The predicted octanol–water partition coefficient (Wildman–Crippen LogP) is 5.01. The number of amides is 1. The van der Waals surface area contributed by atoms with Crippen molar-refractivity contribution >= 4 is 28.3 Å². The molecule has 0 unspecified atom stereocenters. The number of likely N-dealkylation sites (tertiary alicyclic amines) is 1. The van der Waals surface area contributed by atoms with Crippen molar-refractivity contribution in [2.24, 2.45) is 0 Å². The van der Waals surface area contributed by atoms with E-state index in [9.17, 15) is 4.79 Å². The quantitative estimate of drug-likeness (QED) is 0.524. The Morgan fingerprint density at radius 3 is 2.97 bits per heavy atom. The Morgan fingerprint density at radius 1 is 1.17 bits per heavy atom. The first-order valence-corrected chi connectivity index (χ1v) is 10.8. The van der Waals surface area contributed by atoms with Gasteiger partial charge in [0, 0.05) is 30.3 Å². The van der Waals surface area contributed by atoms with E-state index < -0.39 is 0 Å². The maximum Gasteiger partial charge on any atom is 0.253 e. The van der Waals surface area contributed by atoms with Crippen molar-refractivity contribution in [3.8, 4) is 10.6 Å². The van der Waals surface area contributed by atoms with Gasteiger partial charge in [-0.3, -0.25) is 9.78 Å². The SMILES string of the molecule is Cc1nc2ccc(C(=O)N3CCC[C@H](c4cccc(-c5cccs5)n4)C3)cc2[nH]1. The van der Waals surface area contributed by atoms with Crippen molar-refractivity contribution in [1.29, 1.82) is 0 Å². The minimum Gasteiger partial charge on any atom is -0.342 e. The highest BCUT2D eigenvalue weighted by molar-refractivity contribution is 7.13. The van der Waals surface area contributed by atoms with Gasteiger partial charge in [0.15, 0.2) is 0 Å². The molecule has 0 bridgehead atoms. The Bertz CT molecular complexity index is 1160. The number of carbonyl (C=O) groups excluding carboxylic acids is 1. The number of hydrogen-bond acceptors (Lipinski definition) is 4. The molecule has 5 rings (SSSR count). The van der Waals surface area contributed by atoms with Crippen molar-refractivity contribution < 1.29 is 4.79 Å². The lowest BCUT2D eigenvalue weighted by Gasteiger charge is -2.32. The number of aromatic nitrogens is 3. The first kappa shape index (κ1) is 18.1. The molecule has 4 heterocycles. The van der Waals surface area contributed by atoms with Gasteiger partial charge in [0.2, 0.25) is 0 Å². The van der Waals surface area contributed by atoms with E-state index in [-0.39, 0.29) is 11.8 Å². The number of nitrogens with zero attached hydrogens (tertiary/aromatic N) is 3. The van der Waals surface area contributed by atoms with Crippen LogP contribution >= 0.6 is 11.3 Å². The van der Waals surface area contributed by atoms with E-state index in [1.165, 1.54) is 4.88 Å². The highest BCUT2D eigenvalue weighted by Crippen LogP contribution is 2.30. The number of aromatic amines is 1. The molecule has 1 aromatic carbocycles. The summed E-state index contributed by atoms with van der Waals surface area (Å²) in [6.07, 6.45) is 2.05. The summed E-state index contributed by atoms with van der Waals surface area (Å²) in [4.78, 5) is 28.9. The Kier molecular flexibility index (Phi) is 4.64. The second-order valence-electron chi connectivity index (χ2n) is 7.57. The average molecular weight is 403 g/mol. The van der Waals surface area contributed by atoms with Crippen molar-refractivity contribution in [3.05, 3.63) is 71.0 Å². The monoisotopic (exact) mass is 402 g/mol. The molecule has 6 heteroatoms. The lowest BCUT2D eigenvalue weighted by Crippen LogP contribution is -2.39. The van der Waals surface area contributed by atoms with Crippen LogP contribution in [-0.4, -0.2) is 38.8 Å². The number of piperidine rings is 1. The Morgan fingerprint density at radius 2 is 2.10 bits per heavy atom. The Labute approximate surface area is 173 Å². The maximum atomic E-state index is 13.2. The first-order valence-electron chi connectivity index (χ1n) is 9.94. The number of fused-ring (bicyclic) bond motifs is 1. The fourth-order valence-corrected chi connectivity index (χ4v) is 4.79. The molecule has 1 aliphatic heterocycles. The summed E-state index contributed by atoms with van der Waals surface area (Å²) < 4.78 is 0. The Hall–Kier alpha value is -2.99. The number of nitrogens with one attached hydrogen (secondary N) is 1. The van der Waals surface area contributed by atoms with E-state index in [0.717, 1.165) is 47.6 Å². The average Bonchev–Trinajstić information content (AvgIpc) is 3.42. The number of pyridine rings is 1. The molecule has 4 aromatic rings. The topological polar surface area (TPSA) is 61.9 Å². The van der Waals surface area contributed by atoms with Crippen molar-refractivity contribution in [1.82, 2.24) is 19.9 Å². The van der Waals surface area contributed by atoms with Crippen LogP contribution in [0.5, 0.6) is 0 Å². The molecule has 146 valence electrons. The van der Waals surface area contributed by atoms with Gasteiger partial charge in [0.1, 0.15) is 5.82 Å². The van der Waals surface area contributed by atoms with Crippen LogP contribution in [-0.2, 0) is 0 Å². The highest BCUT2D eigenvalue weighted by Gasteiger charge is 2.26. The summed E-state index contributed by atoms with van der Waals surface area (Å²) in [6.45, 7) is 3.42. The molecule has 0 aliphatic carbocycles. The molecule has 3 aromatic heterocycles. The van der Waals surface area contributed by atoms with Crippen LogP contribution < -0.4 is 0 Å². The number of benzene rings is 1. The van der Waals surface area contributed by atoms with Crippen molar-refractivity contribution in [2.75, 3.05) is 13.1 Å². The smallest absolute Gasteiger partial charge is 0.253 e. The van der Waals surface area contributed by atoms with E-state index in [0.29, 0.717) is 12.1 Å². The summed E-state index contributed by atoms with van der Waals surface area (Å²) >= 11 is 1.70. The van der Waals surface area contributed by atoms with E-state index >= 15 is 0 Å². The molecule has 0 saturated carbocycles. The number of hydrogen-bond donors (Lipinski definition) is 1. The lowest BCUT2D eigenvalue weighted by molar-refractivity contribution is 0.0706.